The van der Waals surface area contributed by atoms with Crippen molar-refractivity contribution in [3.05, 3.63) is 83.0 Å². The predicted molar refractivity (Wildman–Crippen MR) is 160 cm³/mol. The van der Waals surface area contributed by atoms with E-state index in [4.69, 9.17) is 13.9 Å². The summed E-state index contributed by atoms with van der Waals surface area (Å²) in [5, 5.41) is 66.5. The number of hydrogen-bond acceptors (Lipinski definition) is 11. The van der Waals surface area contributed by atoms with Crippen LogP contribution < -0.4 is 15.5 Å². The number of phenols is 1. The molecule has 2 aromatic carbocycles. The topological polar surface area (TPSA) is 215 Å². The largest absolute Gasteiger partial charge is 0.508 e. The number of rotatable bonds is 11. The van der Waals surface area contributed by atoms with Crippen LogP contribution in [0.5, 0.6) is 11.5 Å². The molecule has 1 saturated heterocycles. The summed E-state index contributed by atoms with van der Waals surface area (Å²) in [5.74, 6) is -1.52. The van der Waals surface area contributed by atoms with E-state index < -0.39 is 42.4 Å². The summed E-state index contributed by atoms with van der Waals surface area (Å²) >= 11 is 0. The molecule has 13 heteroatoms. The molecular weight excluding hydrogens is 588 g/mol. The van der Waals surface area contributed by atoms with Crippen LogP contribution in [0.4, 0.5) is 0 Å². The summed E-state index contributed by atoms with van der Waals surface area (Å²) in [6.07, 6.45) is -4.75. The summed E-state index contributed by atoms with van der Waals surface area (Å²) in [7, 11) is 0. The third-order valence-electron chi connectivity index (χ3n) is 8.28. The minimum Gasteiger partial charge on any atom is -0.508 e. The van der Waals surface area contributed by atoms with Crippen LogP contribution >= 0.6 is 0 Å². The third-order valence-corrected chi connectivity index (χ3v) is 8.28. The lowest BCUT2D eigenvalue weighted by molar-refractivity contribution is -0.338. The molecule has 240 valence electrons. The quantitative estimate of drug-likeness (QED) is 0.112. The fourth-order valence-corrected chi connectivity index (χ4v) is 5.42. The normalized spacial score (nSPS) is 24.9. The molecule has 0 unspecified atom stereocenters. The molecule has 0 amide bonds. The standard InChI is InChI=1S/C32H36N2O11/c1-16(2)19(11-17-9-10-33-13-17)14-34-30(41)32(42)28(38)26(37)27(29(39)40)45-31(32)44-21-7-8-22-24(12-21)43-15-23(25(22)36)18-3-5-20(35)6-4-18/h3-10,12-13,15-16,19,26-28,30-31,33-35,37-38,41-42H,11,14H2,1-2H3,(H,39,40)/t19-,26+,27-,28-,30+,31+,32-/m0/s1. The van der Waals surface area contributed by atoms with E-state index in [2.05, 4.69) is 10.3 Å². The molecule has 2 aromatic heterocycles. The number of aliphatic hydroxyl groups excluding tert-OH is 3. The number of phenolic OH excluding ortho intramolecular Hbond substituents is 1. The van der Waals surface area contributed by atoms with Gasteiger partial charge in [-0.05, 0) is 59.7 Å². The average Bonchev–Trinajstić information content (AvgIpc) is 3.53. The summed E-state index contributed by atoms with van der Waals surface area (Å²) in [6.45, 7) is 4.17. The molecule has 0 saturated carbocycles. The maximum absolute atomic E-state index is 13.2. The summed E-state index contributed by atoms with van der Waals surface area (Å²) in [4.78, 5) is 28.0. The Kier molecular flexibility index (Phi) is 9.30. The van der Waals surface area contributed by atoms with Crippen LogP contribution in [0.2, 0.25) is 0 Å². The van der Waals surface area contributed by atoms with Crippen molar-refractivity contribution in [3.8, 4) is 22.6 Å². The van der Waals surface area contributed by atoms with Crippen LogP contribution in [0, 0.1) is 11.8 Å². The Labute approximate surface area is 257 Å². The van der Waals surface area contributed by atoms with Crippen LogP contribution in [0.15, 0.2) is 76.4 Å². The van der Waals surface area contributed by atoms with Crippen molar-refractivity contribution in [1.29, 1.82) is 0 Å². The fraction of sp³-hybridized carbons (Fsp3) is 0.375. The first-order valence-corrected chi connectivity index (χ1v) is 14.4. The lowest BCUT2D eigenvalue weighted by Gasteiger charge is -2.48. The van der Waals surface area contributed by atoms with Gasteiger partial charge in [0.15, 0.2) is 17.1 Å². The maximum Gasteiger partial charge on any atom is 0.335 e. The number of ether oxygens (including phenoxy) is 2. The number of aliphatic carboxylic acids is 1. The van der Waals surface area contributed by atoms with Gasteiger partial charge in [0, 0.05) is 25.0 Å². The van der Waals surface area contributed by atoms with Crippen molar-refractivity contribution in [3.63, 3.8) is 0 Å². The van der Waals surface area contributed by atoms with E-state index in [1.165, 1.54) is 36.6 Å². The molecular formula is C32H36N2O11. The number of aromatic nitrogens is 1. The number of H-pyrrole nitrogens is 1. The SMILES string of the molecule is CC(C)[C@H](CN[C@H](O)[C@]1(O)[C@H](Oc2ccc3c(=O)c(-c4ccc(O)cc4)coc3c2)O[C@H](C(=O)O)[C@@H](O)[C@@H]1O)Cc1cc[nH]c1. The van der Waals surface area contributed by atoms with Crippen molar-refractivity contribution in [2.24, 2.45) is 11.8 Å². The van der Waals surface area contributed by atoms with Gasteiger partial charge in [-0.15, -0.1) is 0 Å². The number of nitrogens with one attached hydrogen (secondary N) is 2. The van der Waals surface area contributed by atoms with Crippen LogP contribution in [0.25, 0.3) is 22.1 Å². The molecule has 45 heavy (non-hydrogen) atoms. The van der Waals surface area contributed by atoms with Crippen molar-refractivity contribution < 1.29 is 49.3 Å². The van der Waals surface area contributed by atoms with Gasteiger partial charge in [0.25, 0.3) is 0 Å². The van der Waals surface area contributed by atoms with Crippen molar-refractivity contribution in [1.82, 2.24) is 10.3 Å². The lowest BCUT2D eigenvalue weighted by Crippen LogP contribution is -2.75. The maximum atomic E-state index is 13.2. The lowest BCUT2D eigenvalue weighted by atomic mass is 9.84. The number of benzene rings is 2. The zero-order valence-corrected chi connectivity index (χ0v) is 24.5. The Morgan fingerprint density at radius 2 is 1.87 bits per heavy atom. The molecule has 7 atom stereocenters. The highest BCUT2D eigenvalue weighted by atomic mass is 16.7. The summed E-state index contributed by atoms with van der Waals surface area (Å²) in [6, 6.07) is 12.0. The average molecular weight is 625 g/mol. The first kappa shape index (κ1) is 32.2. The molecule has 1 fully saturated rings. The first-order valence-electron chi connectivity index (χ1n) is 14.4. The molecule has 0 bridgehead atoms. The highest BCUT2D eigenvalue weighted by Crippen LogP contribution is 2.35. The molecule has 3 heterocycles. The first-order chi connectivity index (χ1) is 21.4. The highest BCUT2D eigenvalue weighted by Gasteiger charge is 2.61. The molecule has 4 aromatic rings. The van der Waals surface area contributed by atoms with Gasteiger partial charge in [0.1, 0.15) is 41.8 Å². The molecule has 1 aliphatic heterocycles. The van der Waals surface area contributed by atoms with Crippen LogP contribution in [0.1, 0.15) is 19.4 Å². The fourth-order valence-electron chi connectivity index (χ4n) is 5.42. The molecule has 13 nitrogen and oxygen atoms in total. The third kappa shape index (κ3) is 6.45. The van der Waals surface area contributed by atoms with E-state index in [-0.39, 0.29) is 51.8 Å². The van der Waals surface area contributed by atoms with Crippen LogP contribution in [0.3, 0.4) is 0 Å². The molecule has 5 rings (SSSR count). The second-order valence-corrected chi connectivity index (χ2v) is 11.6. The van der Waals surface area contributed by atoms with Gasteiger partial charge in [0.2, 0.25) is 6.29 Å². The molecule has 0 aliphatic carbocycles. The number of carboxylic acids is 1. The van der Waals surface area contributed by atoms with E-state index >= 15 is 0 Å². The molecule has 0 spiro atoms. The van der Waals surface area contributed by atoms with Gasteiger partial charge in [-0.1, -0.05) is 26.0 Å². The second kappa shape index (κ2) is 13.0. The number of hydrogen-bond donors (Lipinski definition) is 8. The molecule has 8 N–H and O–H groups in total. The Balaban J connectivity index is 1.42. The van der Waals surface area contributed by atoms with E-state index in [1.807, 2.05) is 26.1 Å². The molecule has 0 radical (unpaired) electrons. The zero-order chi connectivity index (χ0) is 32.5. The van der Waals surface area contributed by atoms with E-state index in [9.17, 15) is 40.2 Å². The zero-order valence-electron chi connectivity index (χ0n) is 24.5. The minimum absolute atomic E-state index is 0.0217. The van der Waals surface area contributed by atoms with Crippen LogP contribution in [-0.2, 0) is 16.0 Å². The molecule has 1 aliphatic rings. The number of aromatic hydroxyl groups is 1. The van der Waals surface area contributed by atoms with E-state index in [0.29, 0.717) is 12.0 Å². The van der Waals surface area contributed by atoms with Crippen molar-refractivity contribution >= 4 is 16.9 Å². The Bertz CT molecular complexity index is 1670. The number of carbonyl (C=O) groups is 1. The number of aromatic amines is 1. The summed E-state index contributed by atoms with van der Waals surface area (Å²) in [5.41, 5.74) is -1.25. The smallest absolute Gasteiger partial charge is 0.335 e. The highest BCUT2D eigenvalue weighted by molar-refractivity contribution is 5.82. The van der Waals surface area contributed by atoms with Gasteiger partial charge in [-0.3, -0.25) is 10.1 Å². The summed E-state index contributed by atoms with van der Waals surface area (Å²) < 4.78 is 16.9. The monoisotopic (exact) mass is 624 g/mol. The van der Waals surface area contributed by atoms with E-state index in [0.717, 1.165) is 5.56 Å². The Morgan fingerprint density at radius 1 is 1.13 bits per heavy atom. The van der Waals surface area contributed by atoms with Gasteiger partial charge in [0.05, 0.1) is 10.9 Å². The number of fused-ring (bicyclic) bond motifs is 1. The Hall–Kier alpha value is -4.24. The Morgan fingerprint density at radius 3 is 2.51 bits per heavy atom. The second-order valence-electron chi connectivity index (χ2n) is 11.6. The van der Waals surface area contributed by atoms with Gasteiger partial charge >= 0.3 is 5.97 Å². The van der Waals surface area contributed by atoms with Crippen molar-refractivity contribution in [2.75, 3.05) is 6.54 Å². The van der Waals surface area contributed by atoms with E-state index in [1.54, 1.807) is 18.3 Å². The van der Waals surface area contributed by atoms with Gasteiger partial charge in [-0.25, -0.2) is 4.79 Å². The van der Waals surface area contributed by atoms with Crippen molar-refractivity contribution in [2.45, 2.75) is 56.7 Å². The van der Waals surface area contributed by atoms with Gasteiger partial charge < -0.3 is 49.5 Å². The van der Waals surface area contributed by atoms with Crippen LogP contribution in [-0.4, -0.2) is 84.6 Å². The minimum atomic E-state index is -2.75. The number of aliphatic hydroxyl groups is 4. The number of carboxylic acid groups (broad SMARTS) is 1. The predicted octanol–water partition coefficient (Wildman–Crippen LogP) is 1.56. The van der Waals surface area contributed by atoms with Gasteiger partial charge in [-0.2, -0.15) is 0 Å².